The first-order valence-corrected chi connectivity index (χ1v) is 4.76. The Morgan fingerprint density at radius 2 is 1.92 bits per heavy atom. The van der Waals surface area contributed by atoms with Gasteiger partial charge >= 0.3 is 0 Å². The van der Waals surface area contributed by atoms with Crippen LogP contribution in [0.15, 0.2) is 48.1 Å². The Morgan fingerprint density at radius 1 is 1.15 bits per heavy atom. The molecule has 0 radical (unpaired) electrons. The summed E-state index contributed by atoms with van der Waals surface area (Å²) in [6.45, 7) is 2.12. The maximum atomic E-state index is 2.29. The minimum absolute atomic E-state index is 1.08. The van der Waals surface area contributed by atoms with Crippen molar-refractivity contribution in [3.8, 4) is 0 Å². The highest BCUT2D eigenvalue weighted by Gasteiger charge is 1.99. The fourth-order valence-electron chi connectivity index (χ4n) is 1.58. The monoisotopic (exact) mass is 170 g/mol. The van der Waals surface area contributed by atoms with E-state index in [0.29, 0.717) is 0 Å². The molecule has 1 aliphatic carbocycles. The third-order valence-electron chi connectivity index (χ3n) is 2.38. The summed E-state index contributed by atoms with van der Waals surface area (Å²) in [5, 5.41) is 0. The zero-order chi connectivity index (χ0) is 9.10. The molecule has 0 nitrogen and oxygen atoms in total. The summed E-state index contributed by atoms with van der Waals surface area (Å²) in [7, 11) is 0. The van der Waals surface area contributed by atoms with Crippen LogP contribution in [0.2, 0.25) is 0 Å². The van der Waals surface area contributed by atoms with E-state index >= 15 is 0 Å². The van der Waals surface area contributed by atoms with Gasteiger partial charge in [-0.1, -0.05) is 48.1 Å². The molecule has 0 atom stereocenters. The largest absolute Gasteiger partial charge is 0.0805 e. The van der Waals surface area contributed by atoms with Crippen LogP contribution in [0.5, 0.6) is 0 Å². The average Bonchev–Trinajstić information content (AvgIpc) is 2.62. The highest BCUT2D eigenvalue weighted by Crippen LogP contribution is 2.15. The van der Waals surface area contributed by atoms with Crippen molar-refractivity contribution in [1.29, 1.82) is 0 Å². The van der Waals surface area contributed by atoms with E-state index in [2.05, 4.69) is 49.4 Å². The Hall–Kier alpha value is -1.30. The van der Waals surface area contributed by atoms with E-state index < -0.39 is 0 Å². The van der Waals surface area contributed by atoms with E-state index in [-0.39, 0.29) is 0 Å². The summed E-state index contributed by atoms with van der Waals surface area (Å²) in [4.78, 5) is 0. The van der Waals surface area contributed by atoms with Crippen LogP contribution in [0.25, 0.3) is 0 Å². The molecular formula is C13H14. The SMILES string of the molecule is Cc1ccc(CC2=CCC=C2)cc1. The van der Waals surface area contributed by atoms with Crippen molar-refractivity contribution in [2.24, 2.45) is 0 Å². The number of hydrogen-bond acceptors (Lipinski definition) is 0. The first-order valence-electron chi connectivity index (χ1n) is 4.76. The Bertz CT molecular complexity index is 339. The van der Waals surface area contributed by atoms with Crippen molar-refractivity contribution in [2.75, 3.05) is 0 Å². The number of aryl methyl sites for hydroxylation is 1. The van der Waals surface area contributed by atoms with E-state index in [1.807, 2.05) is 0 Å². The van der Waals surface area contributed by atoms with Gasteiger partial charge in [0.15, 0.2) is 0 Å². The van der Waals surface area contributed by atoms with E-state index in [4.69, 9.17) is 0 Å². The number of hydrogen-bond donors (Lipinski definition) is 0. The van der Waals surface area contributed by atoms with Crippen molar-refractivity contribution in [2.45, 2.75) is 19.8 Å². The van der Waals surface area contributed by atoms with Crippen LogP contribution in [-0.2, 0) is 6.42 Å². The molecule has 13 heavy (non-hydrogen) atoms. The normalized spacial score (nSPS) is 14.7. The third-order valence-corrected chi connectivity index (χ3v) is 2.38. The highest BCUT2D eigenvalue weighted by molar-refractivity contribution is 5.33. The second-order valence-electron chi connectivity index (χ2n) is 3.58. The summed E-state index contributed by atoms with van der Waals surface area (Å²) in [6, 6.07) is 8.77. The Balaban J connectivity index is 2.09. The topological polar surface area (TPSA) is 0 Å². The van der Waals surface area contributed by atoms with Gasteiger partial charge in [-0.15, -0.1) is 0 Å². The van der Waals surface area contributed by atoms with E-state index in [0.717, 1.165) is 12.8 Å². The molecule has 0 heteroatoms. The van der Waals surface area contributed by atoms with Crippen molar-refractivity contribution in [1.82, 2.24) is 0 Å². The van der Waals surface area contributed by atoms with Gasteiger partial charge in [0.2, 0.25) is 0 Å². The van der Waals surface area contributed by atoms with Crippen LogP contribution in [0, 0.1) is 6.92 Å². The molecule has 1 aromatic carbocycles. The molecule has 0 amide bonds. The molecule has 2 rings (SSSR count). The fourth-order valence-corrected chi connectivity index (χ4v) is 1.58. The maximum Gasteiger partial charge on any atom is -0.00289 e. The van der Waals surface area contributed by atoms with Gasteiger partial charge in [-0.25, -0.2) is 0 Å². The Morgan fingerprint density at radius 3 is 2.54 bits per heavy atom. The first kappa shape index (κ1) is 8.31. The van der Waals surface area contributed by atoms with Gasteiger partial charge in [0.05, 0.1) is 0 Å². The zero-order valence-electron chi connectivity index (χ0n) is 7.96. The van der Waals surface area contributed by atoms with Crippen molar-refractivity contribution < 1.29 is 0 Å². The second kappa shape index (κ2) is 3.61. The lowest BCUT2D eigenvalue weighted by molar-refractivity contribution is 1.19. The summed E-state index contributed by atoms with van der Waals surface area (Å²) >= 11 is 0. The molecular weight excluding hydrogens is 156 g/mol. The average molecular weight is 170 g/mol. The van der Waals surface area contributed by atoms with Gasteiger partial charge in [-0.3, -0.25) is 0 Å². The maximum absolute atomic E-state index is 2.29. The summed E-state index contributed by atoms with van der Waals surface area (Å²) in [5.74, 6) is 0. The number of rotatable bonds is 2. The van der Waals surface area contributed by atoms with Gasteiger partial charge in [0.1, 0.15) is 0 Å². The molecule has 0 N–H and O–H groups in total. The second-order valence-corrected chi connectivity index (χ2v) is 3.58. The summed E-state index contributed by atoms with van der Waals surface area (Å²) in [5.41, 5.74) is 4.19. The van der Waals surface area contributed by atoms with Crippen LogP contribution in [-0.4, -0.2) is 0 Å². The molecule has 0 spiro atoms. The molecule has 0 saturated carbocycles. The smallest absolute Gasteiger partial charge is 0.00289 e. The van der Waals surface area contributed by atoms with Gasteiger partial charge in [0, 0.05) is 0 Å². The fraction of sp³-hybridized carbons (Fsp3) is 0.231. The molecule has 1 aromatic rings. The minimum Gasteiger partial charge on any atom is -0.0805 e. The number of benzene rings is 1. The van der Waals surface area contributed by atoms with Crippen LogP contribution in [0.1, 0.15) is 17.5 Å². The van der Waals surface area contributed by atoms with Gasteiger partial charge in [-0.05, 0) is 30.9 Å². The van der Waals surface area contributed by atoms with Gasteiger partial charge < -0.3 is 0 Å². The molecule has 0 bridgehead atoms. The molecule has 0 fully saturated rings. The van der Waals surface area contributed by atoms with E-state index in [9.17, 15) is 0 Å². The van der Waals surface area contributed by atoms with Crippen molar-refractivity contribution in [3.05, 3.63) is 59.2 Å². The zero-order valence-corrected chi connectivity index (χ0v) is 7.96. The predicted molar refractivity (Wildman–Crippen MR) is 56.7 cm³/mol. The molecule has 0 aliphatic heterocycles. The lowest BCUT2D eigenvalue weighted by atomic mass is 10.1. The van der Waals surface area contributed by atoms with Crippen LogP contribution in [0.3, 0.4) is 0 Å². The van der Waals surface area contributed by atoms with Crippen LogP contribution < -0.4 is 0 Å². The minimum atomic E-state index is 1.08. The molecule has 66 valence electrons. The predicted octanol–water partition coefficient (Wildman–Crippen LogP) is 3.42. The standard InChI is InChI=1S/C13H14/c1-11-6-8-13(9-7-11)10-12-4-2-3-5-12/h2,4-9H,3,10H2,1H3. The molecule has 0 unspecified atom stereocenters. The third kappa shape index (κ3) is 2.09. The van der Waals surface area contributed by atoms with Crippen LogP contribution >= 0.6 is 0 Å². The molecule has 1 aliphatic rings. The lowest BCUT2D eigenvalue weighted by Crippen LogP contribution is -1.86. The van der Waals surface area contributed by atoms with Crippen molar-refractivity contribution in [3.63, 3.8) is 0 Å². The molecule has 0 aromatic heterocycles. The van der Waals surface area contributed by atoms with Crippen molar-refractivity contribution >= 4 is 0 Å². The lowest BCUT2D eigenvalue weighted by Gasteiger charge is -2.00. The summed E-state index contributed by atoms with van der Waals surface area (Å²) < 4.78 is 0. The molecule has 0 heterocycles. The Labute approximate surface area is 79.6 Å². The molecule has 0 saturated heterocycles. The van der Waals surface area contributed by atoms with Gasteiger partial charge in [0.25, 0.3) is 0 Å². The van der Waals surface area contributed by atoms with Crippen LogP contribution in [0.4, 0.5) is 0 Å². The van der Waals surface area contributed by atoms with E-state index in [1.54, 1.807) is 0 Å². The first-order chi connectivity index (χ1) is 6.34. The summed E-state index contributed by atoms with van der Waals surface area (Å²) in [6.07, 6.45) is 8.92. The number of allylic oxidation sites excluding steroid dienone is 4. The highest BCUT2D eigenvalue weighted by atomic mass is 14.0. The van der Waals surface area contributed by atoms with E-state index in [1.165, 1.54) is 16.7 Å². The Kier molecular flexibility index (Phi) is 2.31. The van der Waals surface area contributed by atoms with Gasteiger partial charge in [-0.2, -0.15) is 0 Å². The quantitative estimate of drug-likeness (QED) is 0.638.